The average molecular weight is 126 g/mol. The minimum atomic E-state index is -3.78. The number of nitriles is 2. The van der Waals surface area contributed by atoms with Crippen LogP contribution < -0.4 is 5.73 Å². The van der Waals surface area contributed by atoms with E-state index in [4.69, 9.17) is 10.5 Å². The smallest absolute Gasteiger partial charge is 0.424 e. The van der Waals surface area contributed by atoms with Crippen molar-refractivity contribution in [1.82, 2.24) is 0 Å². The van der Waals surface area contributed by atoms with E-state index in [9.17, 15) is 9.11 Å². The molecule has 46 valence electrons. The number of nitrogens with two attached hydrogens (primary N) is 1. The molecule has 0 aromatic heterocycles. The van der Waals surface area contributed by atoms with Crippen LogP contribution in [0.4, 0.5) is 9.11 Å². The zero-order valence-electron chi connectivity index (χ0n) is 4.34. The van der Waals surface area contributed by atoms with Crippen molar-refractivity contribution >= 4 is 12.2 Å². The quantitative estimate of drug-likeness (QED) is 0.488. The van der Waals surface area contributed by atoms with Crippen LogP contribution in [0.3, 0.4) is 0 Å². The first-order valence-electron chi connectivity index (χ1n) is 2.02. The van der Waals surface area contributed by atoms with Crippen molar-refractivity contribution in [2.45, 2.75) is 0 Å². The van der Waals surface area contributed by atoms with Crippen molar-refractivity contribution in [2.24, 2.45) is 5.73 Å². The molecular formula is C3H2BFN3O-. The number of carbonyl (C=O) groups is 1. The van der Waals surface area contributed by atoms with Gasteiger partial charge in [-0.2, -0.15) is 0 Å². The molecule has 0 aliphatic rings. The SMILES string of the molecule is N#C[B-](F)(C#N)C(N)=O. The van der Waals surface area contributed by atoms with E-state index in [-0.39, 0.29) is 0 Å². The molecule has 0 aromatic carbocycles. The van der Waals surface area contributed by atoms with Gasteiger partial charge in [-0.05, 0) is 0 Å². The molecular weight excluding hydrogens is 124 g/mol. The van der Waals surface area contributed by atoms with Gasteiger partial charge >= 0.3 is 6.42 Å². The van der Waals surface area contributed by atoms with Gasteiger partial charge < -0.3 is 14.8 Å². The molecule has 0 unspecified atom stereocenters. The summed E-state index contributed by atoms with van der Waals surface area (Å²) in [6.07, 6.45) is -3.78. The standard InChI is InChI=1S/C3H2BFN3O/c5-4(1-6,2-7)3(8)9/h(H2,8,9)/q-1. The Balaban J connectivity index is 4.60. The molecule has 6 heteroatoms. The molecule has 0 saturated carbocycles. The summed E-state index contributed by atoms with van der Waals surface area (Å²) in [4.78, 5) is 9.91. The molecule has 0 aliphatic carbocycles. The van der Waals surface area contributed by atoms with Crippen molar-refractivity contribution in [3.63, 3.8) is 0 Å². The second-order valence-electron chi connectivity index (χ2n) is 1.42. The van der Waals surface area contributed by atoms with E-state index in [0.29, 0.717) is 0 Å². The molecule has 4 nitrogen and oxygen atoms in total. The number of halogens is 1. The molecule has 0 rings (SSSR count). The van der Waals surface area contributed by atoms with E-state index in [1.807, 2.05) is 0 Å². The monoisotopic (exact) mass is 126 g/mol. The highest BCUT2D eigenvalue weighted by Gasteiger charge is 2.30. The second-order valence-corrected chi connectivity index (χ2v) is 1.42. The van der Waals surface area contributed by atoms with Crippen LogP contribution in [0.15, 0.2) is 0 Å². The normalized spacial score (nSPS) is 9.22. The van der Waals surface area contributed by atoms with Crippen LogP contribution in [0.5, 0.6) is 0 Å². The van der Waals surface area contributed by atoms with E-state index in [2.05, 4.69) is 5.73 Å². The number of rotatable bonds is 1. The molecule has 0 radical (unpaired) electrons. The number of hydrogen-bond acceptors (Lipinski definition) is 3. The summed E-state index contributed by atoms with van der Waals surface area (Å²) in [5, 5.41) is 15.7. The molecule has 0 aliphatic heterocycles. The molecule has 0 saturated heterocycles. The Morgan fingerprint density at radius 1 is 1.56 bits per heavy atom. The van der Waals surface area contributed by atoms with E-state index in [0.717, 1.165) is 11.9 Å². The third kappa shape index (κ3) is 1.17. The van der Waals surface area contributed by atoms with Gasteiger partial charge in [0, 0.05) is 0 Å². The van der Waals surface area contributed by atoms with E-state index in [1.54, 1.807) is 0 Å². The summed E-state index contributed by atoms with van der Waals surface area (Å²) in [7, 11) is 0. The Hall–Kier alpha value is -1.56. The lowest BCUT2D eigenvalue weighted by molar-refractivity contribution is 0.263. The predicted molar refractivity (Wildman–Crippen MR) is 27.7 cm³/mol. The minimum Gasteiger partial charge on any atom is -0.473 e. The Bertz CT molecular complexity index is 200. The summed E-state index contributed by atoms with van der Waals surface area (Å²) in [6.45, 7) is 0. The Morgan fingerprint density at radius 3 is 1.89 bits per heavy atom. The molecule has 0 heterocycles. The highest BCUT2D eigenvalue weighted by atomic mass is 19.1. The lowest BCUT2D eigenvalue weighted by atomic mass is 9.46. The summed E-state index contributed by atoms with van der Waals surface area (Å²) in [5.74, 6) is 0.262. The highest BCUT2D eigenvalue weighted by molar-refractivity contribution is 7.11. The van der Waals surface area contributed by atoms with Crippen LogP contribution in [-0.2, 0) is 0 Å². The van der Waals surface area contributed by atoms with Gasteiger partial charge in [0.15, 0.2) is 0 Å². The highest BCUT2D eigenvalue weighted by Crippen LogP contribution is 1.99. The topological polar surface area (TPSA) is 90.7 Å². The maximum absolute atomic E-state index is 12.2. The zero-order valence-corrected chi connectivity index (χ0v) is 4.34. The number of hydrogen-bond donors (Lipinski definition) is 1. The van der Waals surface area contributed by atoms with Gasteiger partial charge in [-0.1, -0.05) is 11.9 Å². The fourth-order valence-corrected chi connectivity index (χ4v) is 0.156. The van der Waals surface area contributed by atoms with Gasteiger partial charge in [-0.15, -0.1) is 0 Å². The Kier molecular flexibility index (Phi) is 1.77. The van der Waals surface area contributed by atoms with Gasteiger partial charge in [0.25, 0.3) is 0 Å². The molecule has 0 aromatic rings. The summed E-state index contributed by atoms with van der Waals surface area (Å²) >= 11 is 0. The van der Waals surface area contributed by atoms with Crippen molar-refractivity contribution < 1.29 is 9.11 Å². The van der Waals surface area contributed by atoms with Crippen LogP contribution >= 0.6 is 0 Å². The number of carbonyl (C=O) groups excluding carboxylic acids is 1. The average Bonchev–Trinajstić information content (AvgIpc) is 1.86. The maximum Gasteiger partial charge on any atom is 0.424 e. The van der Waals surface area contributed by atoms with Crippen molar-refractivity contribution in [2.75, 3.05) is 0 Å². The van der Waals surface area contributed by atoms with E-state index in [1.165, 1.54) is 0 Å². The molecule has 0 spiro atoms. The first kappa shape index (κ1) is 7.44. The fourth-order valence-electron chi connectivity index (χ4n) is 0.156. The Labute approximate surface area is 50.6 Å². The molecule has 0 bridgehead atoms. The van der Waals surface area contributed by atoms with Crippen LogP contribution in [0, 0.1) is 22.5 Å². The number of amides is 1. The van der Waals surface area contributed by atoms with Gasteiger partial charge in [-0.25, -0.2) is 10.5 Å². The summed E-state index contributed by atoms with van der Waals surface area (Å²) in [5.41, 5.74) is 4.36. The van der Waals surface area contributed by atoms with Crippen LogP contribution in [0.2, 0.25) is 0 Å². The molecule has 0 atom stereocenters. The second kappa shape index (κ2) is 2.14. The first-order valence-corrected chi connectivity index (χ1v) is 2.02. The van der Waals surface area contributed by atoms with Crippen LogP contribution in [0.1, 0.15) is 0 Å². The minimum absolute atomic E-state index is 0.888. The third-order valence-electron chi connectivity index (χ3n) is 0.748. The van der Waals surface area contributed by atoms with Crippen LogP contribution in [-0.4, -0.2) is 12.2 Å². The third-order valence-corrected chi connectivity index (χ3v) is 0.748. The summed E-state index contributed by atoms with van der Waals surface area (Å²) in [6, 6.07) is 0. The lowest BCUT2D eigenvalue weighted by Crippen LogP contribution is -2.41. The van der Waals surface area contributed by atoms with Gasteiger partial charge in [0.2, 0.25) is 0 Å². The van der Waals surface area contributed by atoms with Gasteiger partial charge in [0.05, 0.1) is 0 Å². The zero-order chi connectivity index (χ0) is 7.49. The van der Waals surface area contributed by atoms with Crippen molar-refractivity contribution in [1.29, 1.82) is 10.5 Å². The van der Waals surface area contributed by atoms with Crippen molar-refractivity contribution in [3.05, 3.63) is 0 Å². The maximum atomic E-state index is 12.2. The summed E-state index contributed by atoms with van der Waals surface area (Å²) < 4.78 is 12.2. The molecule has 0 fully saturated rings. The predicted octanol–water partition coefficient (Wildman–Crippen LogP) is -0.313. The fraction of sp³-hybridized carbons (Fsp3) is 0. The van der Waals surface area contributed by atoms with Gasteiger partial charge in [0.1, 0.15) is 5.81 Å². The van der Waals surface area contributed by atoms with E-state index >= 15 is 0 Å². The van der Waals surface area contributed by atoms with Gasteiger partial charge in [-0.3, -0.25) is 0 Å². The molecule has 1 amide bonds. The number of primary amides is 1. The lowest BCUT2D eigenvalue weighted by Gasteiger charge is -2.07. The number of nitrogens with zero attached hydrogens (tertiary/aromatic N) is 2. The van der Waals surface area contributed by atoms with Crippen molar-refractivity contribution in [3.8, 4) is 11.9 Å². The first-order chi connectivity index (χ1) is 4.06. The van der Waals surface area contributed by atoms with E-state index < -0.39 is 12.2 Å². The molecule has 2 N–H and O–H groups in total. The Morgan fingerprint density at radius 2 is 1.89 bits per heavy atom. The van der Waals surface area contributed by atoms with Crippen LogP contribution in [0.25, 0.3) is 0 Å². The molecule has 9 heavy (non-hydrogen) atoms. The largest absolute Gasteiger partial charge is 0.473 e.